The second-order valence-electron chi connectivity index (χ2n) is 12.2. The maximum Gasteiger partial charge on any atom is 0.354 e. The van der Waals surface area contributed by atoms with E-state index in [1.165, 1.54) is 18.5 Å². The number of hydrogen-bond acceptors (Lipinski definition) is 8. The molecule has 240 valence electrons. The zero-order chi connectivity index (χ0) is 33.2. The number of benzene rings is 2. The Morgan fingerprint density at radius 3 is 2.35 bits per heavy atom. The summed E-state index contributed by atoms with van der Waals surface area (Å²) in [5.41, 5.74) is -1.97. The van der Waals surface area contributed by atoms with Crippen molar-refractivity contribution in [1.29, 1.82) is 0 Å². The summed E-state index contributed by atoms with van der Waals surface area (Å²) in [5, 5.41) is 10.5. The van der Waals surface area contributed by atoms with Crippen LogP contribution in [0.5, 0.6) is 11.5 Å². The first-order valence-electron chi connectivity index (χ1n) is 15.0. The van der Waals surface area contributed by atoms with E-state index in [0.717, 1.165) is 16.7 Å². The summed E-state index contributed by atoms with van der Waals surface area (Å²) < 4.78 is 56.3. The molecule has 1 saturated heterocycles. The molecule has 0 aliphatic carbocycles. The van der Waals surface area contributed by atoms with Crippen molar-refractivity contribution in [2.24, 2.45) is 0 Å². The monoisotopic (exact) mass is 634 g/mol. The van der Waals surface area contributed by atoms with Gasteiger partial charge in [0.15, 0.2) is 17.4 Å². The molecule has 4 aromatic rings. The molecule has 0 saturated carbocycles. The second-order valence-corrected chi connectivity index (χ2v) is 12.2. The number of piperazine rings is 1. The first kappa shape index (κ1) is 31.1. The van der Waals surface area contributed by atoms with E-state index in [9.17, 15) is 14.7 Å². The molecule has 2 aliphatic heterocycles. The average Bonchev–Trinajstić information content (AvgIpc) is 3.16. The zero-order valence-corrected chi connectivity index (χ0v) is 26.0. The van der Waals surface area contributed by atoms with Gasteiger partial charge in [0.2, 0.25) is 5.91 Å². The lowest BCUT2D eigenvalue weighted by Crippen LogP contribution is -2.60. The standard InChI is InChI=1S/C33H33F3N6O4/c1-7-21(44)40-12-18-13-46-31-24-29(25(35)23(26(31)36)22-19(34)9-8-10-20(22)43)42(33(45)39-32(24)41(18)11-17(40)6)30-27(15(2)3)37-14-38-28(30)16(4)5/h7-10,14-18,43H,1,11-13H2,2-6H3. The van der Waals surface area contributed by atoms with Gasteiger partial charge in [0.1, 0.15) is 35.8 Å². The van der Waals surface area contributed by atoms with Gasteiger partial charge in [0.25, 0.3) is 0 Å². The quantitative estimate of drug-likeness (QED) is 0.298. The van der Waals surface area contributed by atoms with Crippen LogP contribution in [0.25, 0.3) is 27.7 Å². The van der Waals surface area contributed by atoms with Gasteiger partial charge in [-0.05, 0) is 37.0 Å². The number of rotatable bonds is 5. The molecule has 0 bridgehead atoms. The summed E-state index contributed by atoms with van der Waals surface area (Å²) in [6, 6.07) is 2.29. The van der Waals surface area contributed by atoms with Crippen LogP contribution in [0.1, 0.15) is 57.8 Å². The number of phenols is 1. The minimum atomic E-state index is -1.30. The van der Waals surface area contributed by atoms with Crippen LogP contribution >= 0.6 is 0 Å². The van der Waals surface area contributed by atoms with E-state index < -0.39 is 57.3 Å². The maximum atomic E-state index is 17.3. The highest BCUT2D eigenvalue weighted by Gasteiger charge is 2.41. The van der Waals surface area contributed by atoms with Gasteiger partial charge < -0.3 is 19.6 Å². The van der Waals surface area contributed by atoms with Crippen molar-refractivity contribution in [1.82, 2.24) is 24.4 Å². The van der Waals surface area contributed by atoms with Crippen LogP contribution in [-0.2, 0) is 4.79 Å². The van der Waals surface area contributed by atoms with E-state index in [-0.39, 0.29) is 60.4 Å². The number of carbonyl (C=O) groups is 1. The van der Waals surface area contributed by atoms with Crippen molar-refractivity contribution < 1.29 is 27.8 Å². The number of fused-ring (bicyclic) bond motifs is 2. The number of phenolic OH excluding ortho intramolecular Hbond substituents is 1. The maximum absolute atomic E-state index is 17.3. The van der Waals surface area contributed by atoms with Gasteiger partial charge in [-0.2, -0.15) is 4.98 Å². The lowest BCUT2D eigenvalue weighted by Gasteiger charge is -2.44. The fourth-order valence-corrected chi connectivity index (χ4v) is 6.42. The number of nitrogens with zero attached hydrogens (tertiary/aromatic N) is 6. The Balaban J connectivity index is 1.79. The fourth-order valence-electron chi connectivity index (χ4n) is 6.42. The molecule has 0 spiro atoms. The van der Waals surface area contributed by atoms with Gasteiger partial charge >= 0.3 is 5.69 Å². The summed E-state index contributed by atoms with van der Waals surface area (Å²) in [6.45, 7) is 12.9. The Morgan fingerprint density at radius 1 is 1.07 bits per heavy atom. The summed E-state index contributed by atoms with van der Waals surface area (Å²) in [5.74, 6) is -5.72. The molecule has 6 rings (SSSR count). The van der Waals surface area contributed by atoms with Crippen molar-refractivity contribution in [2.45, 2.75) is 58.5 Å². The van der Waals surface area contributed by atoms with Crippen molar-refractivity contribution in [3.05, 3.63) is 76.5 Å². The molecule has 2 atom stereocenters. The number of amides is 1. The predicted octanol–water partition coefficient (Wildman–Crippen LogP) is 5.20. The average molecular weight is 635 g/mol. The van der Waals surface area contributed by atoms with Crippen molar-refractivity contribution in [2.75, 3.05) is 24.6 Å². The first-order valence-corrected chi connectivity index (χ1v) is 15.0. The molecular formula is C33H33F3N6O4. The highest BCUT2D eigenvalue weighted by Crippen LogP contribution is 2.47. The van der Waals surface area contributed by atoms with Crippen molar-refractivity contribution in [3.63, 3.8) is 0 Å². The number of hydrogen-bond donors (Lipinski definition) is 1. The van der Waals surface area contributed by atoms with E-state index in [4.69, 9.17) is 4.74 Å². The third-order valence-electron chi connectivity index (χ3n) is 8.58. The van der Waals surface area contributed by atoms with Gasteiger partial charge in [0.05, 0.1) is 39.6 Å². The van der Waals surface area contributed by atoms with Crippen LogP contribution in [0, 0.1) is 17.5 Å². The molecule has 1 N–H and O–H groups in total. The Bertz CT molecular complexity index is 1930. The number of halogens is 3. The number of ether oxygens (including phenoxy) is 1. The highest BCUT2D eigenvalue weighted by molar-refractivity contribution is 6.01. The van der Waals surface area contributed by atoms with Gasteiger partial charge in [0, 0.05) is 19.1 Å². The predicted molar refractivity (Wildman–Crippen MR) is 166 cm³/mol. The normalized spacial score (nSPS) is 17.7. The molecule has 10 nitrogen and oxygen atoms in total. The number of carbonyl (C=O) groups excluding carboxylic acids is 1. The summed E-state index contributed by atoms with van der Waals surface area (Å²) in [4.78, 5) is 43.5. The lowest BCUT2D eigenvalue weighted by molar-refractivity contribution is -0.129. The number of anilines is 1. The number of aromatic hydroxyl groups is 1. The minimum absolute atomic E-state index is 0.0394. The van der Waals surface area contributed by atoms with Crippen LogP contribution < -0.4 is 15.3 Å². The Morgan fingerprint density at radius 2 is 1.74 bits per heavy atom. The van der Waals surface area contributed by atoms with Crippen molar-refractivity contribution in [3.8, 4) is 28.3 Å². The molecule has 46 heavy (non-hydrogen) atoms. The Labute approximate surface area is 262 Å². The summed E-state index contributed by atoms with van der Waals surface area (Å²) in [6.07, 6.45) is 2.56. The summed E-state index contributed by atoms with van der Waals surface area (Å²) in [7, 11) is 0. The van der Waals surface area contributed by atoms with Crippen LogP contribution in [0.4, 0.5) is 19.0 Å². The zero-order valence-electron chi connectivity index (χ0n) is 26.0. The van der Waals surface area contributed by atoms with Gasteiger partial charge in [-0.15, -0.1) is 0 Å². The molecule has 2 aromatic carbocycles. The van der Waals surface area contributed by atoms with E-state index in [2.05, 4.69) is 21.5 Å². The third-order valence-corrected chi connectivity index (χ3v) is 8.58. The van der Waals surface area contributed by atoms with E-state index >= 15 is 13.2 Å². The molecule has 0 radical (unpaired) electrons. The third kappa shape index (κ3) is 4.67. The van der Waals surface area contributed by atoms with E-state index in [1.54, 1.807) is 16.7 Å². The molecule has 2 unspecified atom stereocenters. The van der Waals surface area contributed by atoms with Crippen LogP contribution in [-0.4, -0.2) is 67.2 Å². The van der Waals surface area contributed by atoms with Crippen LogP contribution in [0.15, 0.2) is 42.0 Å². The molecular weight excluding hydrogens is 601 g/mol. The summed E-state index contributed by atoms with van der Waals surface area (Å²) >= 11 is 0. The van der Waals surface area contributed by atoms with Gasteiger partial charge in [-0.3, -0.25) is 9.36 Å². The fraction of sp³-hybridized carbons (Fsp3) is 0.364. The first-order chi connectivity index (χ1) is 21.9. The van der Waals surface area contributed by atoms with Crippen molar-refractivity contribution >= 4 is 22.6 Å². The second kappa shape index (κ2) is 11.5. The highest BCUT2D eigenvalue weighted by atomic mass is 19.1. The largest absolute Gasteiger partial charge is 0.507 e. The molecule has 4 heterocycles. The molecule has 13 heteroatoms. The SMILES string of the molecule is C=CC(=O)N1CC2COc3c(F)c(-c4c(O)cccc4F)c(F)c4c3c(nc(=O)n4-c3c(C(C)C)ncnc3C(C)C)N2CC1C. The number of aromatic nitrogens is 4. The molecule has 2 aliphatic rings. The van der Waals surface area contributed by atoms with Crippen LogP contribution in [0.2, 0.25) is 0 Å². The lowest BCUT2D eigenvalue weighted by atomic mass is 9.97. The molecule has 1 amide bonds. The van der Waals surface area contributed by atoms with Gasteiger partial charge in [-0.1, -0.05) is 40.3 Å². The van der Waals surface area contributed by atoms with E-state index in [0.29, 0.717) is 11.4 Å². The molecule has 2 aromatic heterocycles. The van der Waals surface area contributed by atoms with Gasteiger partial charge in [-0.25, -0.2) is 27.9 Å². The minimum Gasteiger partial charge on any atom is -0.507 e. The Kier molecular flexibility index (Phi) is 7.73. The Hall–Kier alpha value is -4.94. The smallest absolute Gasteiger partial charge is 0.354 e. The van der Waals surface area contributed by atoms with E-state index in [1.807, 2.05) is 27.7 Å². The molecule has 1 fully saturated rings. The topological polar surface area (TPSA) is 114 Å². The van der Waals surface area contributed by atoms with Crippen LogP contribution in [0.3, 0.4) is 0 Å².